The number of aryl methyl sites for hydroxylation is 1. The second kappa shape index (κ2) is 8.16. The lowest BCUT2D eigenvalue weighted by Gasteiger charge is -2.04. The van der Waals surface area contributed by atoms with E-state index in [0.717, 1.165) is 11.4 Å². The SMILES string of the molecule is CCc1cnc(CNC(=O)CNCCOC)s1. The van der Waals surface area contributed by atoms with E-state index in [0.29, 0.717) is 26.2 Å². The summed E-state index contributed by atoms with van der Waals surface area (Å²) in [6.45, 7) is 4.21. The predicted molar refractivity (Wildman–Crippen MR) is 68.1 cm³/mol. The molecule has 0 fully saturated rings. The minimum atomic E-state index is -0.0191. The maximum Gasteiger partial charge on any atom is 0.234 e. The van der Waals surface area contributed by atoms with Gasteiger partial charge in [-0.25, -0.2) is 4.98 Å². The maximum absolute atomic E-state index is 11.4. The van der Waals surface area contributed by atoms with E-state index in [-0.39, 0.29) is 5.91 Å². The topological polar surface area (TPSA) is 63.2 Å². The first-order valence-corrected chi connectivity index (χ1v) is 6.47. The van der Waals surface area contributed by atoms with Crippen molar-refractivity contribution in [2.75, 3.05) is 26.8 Å². The number of methoxy groups -OCH3 is 1. The minimum Gasteiger partial charge on any atom is -0.383 e. The van der Waals surface area contributed by atoms with Crippen molar-refractivity contribution in [2.24, 2.45) is 0 Å². The van der Waals surface area contributed by atoms with Crippen LogP contribution < -0.4 is 10.6 Å². The third-order valence-corrected chi connectivity index (χ3v) is 3.30. The molecular weight excluding hydrogens is 238 g/mol. The highest BCUT2D eigenvalue weighted by Crippen LogP contribution is 2.12. The highest BCUT2D eigenvalue weighted by Gasteiger charge is 2.03. The van der Waals surface area contributed by atoms with Crippen molar-refractivity contribution in [3.05, 3.63) is 16.1 Å². The summed E-state index contributed by atoms with van der Waals surface area (Å²) < 4.78 is 4.87. The number of amides is 1. The summed E-state index contributed by atoms with van der Waals surface area (Å²) in [6.07, 6.45) is 2.85. The Balaban J connectivity index is 2.14. The molecule has 96 valence electrons. The summed E-state index contributed by atoms with van der Waals surface area (Å²) in [5.41, 5.74) is 0. The molecule has 0 aliphatic rings. The van der Waals surface area contributed by atoms with Gasteiger partial charge in [0.2, 0.25) is 5.91 Å². The molecule has 1 amide bonds. The largest absolute Gasteiger partial charge is 0.383 e. The molecule has 1 aromatic rings. The third kappa shape index (κ3) is 5.76. The van der Waals surface area contributed by atoms with Gasteiger partial charge in [0.05, 0.1) is 19.7 Å². The molecule has 5 nitrogen and oxygen atoms in total. The lowest BCUT2D eigenvalue weighted by atomic mass is 10.4. The number of aromatic nitrogens is 1. The Hall–Kier alpha value is -0.980. The molecule has 2 N–H and O–H groups in total. The van der Waals surface area contributed by atoms with Crippen LogP contribution in [-0.4, -0.2) is 37.7 Å². The van der Waals surface area contributed by atoms with E-state index < -0.39 is 0 Å². The Morgan fingerprint density at radius 3 is 3.06 bits per heavy atom. The number of ether oxygens (including phenoxy) is 1. The molecule has 1 rings (SSSR count). The van der Waals surface area contributed by atoms with Crippen molar-refractivity contribution in [2.45, 2.75) is 19.9 Å². The van der Waals surface area contributed by atoms with E-state index in [1.54, 1.807) is 18.4 Å². The van der Waals surface area contributed by atoms with E-state index >= 15 is 0 Å². The number of hydrogen-bond donors (Lipinski definition) is 2. The zero-order valence-electron chi connectivity index (χ0n) is 10.3. The number of carbonyl (C=O) groups is 1. The van der Waals surface area contributed by atoms with E-state index in [2.05, 4.69) is 22.5 Å². The Bertz CT molecular complexity index is 341. The average Bonchev–Trinajstić information content (AvgIpc) is 2.80. The van der Waals surface area contributed by atoms with Crippen LogP contribution in [-0.2, 0) is 22.5 Å². The molecule has 0 spiro atoms. The van der Waals surface area contributed by atoms with Crippen LogP contribution in [0.5, 0.6) is 0 Å². The standard InChI is InChI=1S/C11H19N3O2S/c1-3-9-6-14-11(17-9)8-13-10(15)7-12-4-5-16-2/h6,12H,3-5,7-8H2,1-2H3,(H,13,15). The quantitative estimate of drug-likeness (QED) is 0.668. The Morgan fingerprint density at radius 1 is 1.59 bits per heavy atom. The molecular formula is C11H19N3O2S. The Morgan fingerprint density at radius 2 is 2.41 bits per heavy atom. The molecule has 0 aliphatic heterocycles. The molecule has 0 saturated carbocycles. The molecule has 1 heterocycles. The van der Waals surface area contributed by atoms with E-state index in [9.17, 15) is 4.79 Å². The van der Waals surface area contributed by atoms with Crippen molar-refractivity contribution < 1.29 is 9.53 Å². The van der Waals surface area contributed by atoms with Crippen molar-refractivity contribution in [3.63, 3.8) is 0 Å². The molecule has 0 bridgehead atoms. The Labute approximate surface area is 106 Å². The number of thiazole rings is 1. The van der Waals surface area contributed by atoms with Gasteiger partial charge in [0, 0.05) is 24.7 Å². The number of rotatable bonds is 8. The summed E-state index contributed by atoms with van der Waals surface area (Å²) in [5, 5.41) is 6.75. The molecule has 0 atom stereocenters. The van der Waals surface area contributed by atoms with Gasteiger partial charge in [-0.3, -0.25) is 4.79 Å². The first-order valence-electron chi connectivity index (χ1n) is 5.66. The van der Waals surface area contributed by atoms with Crippen LogP contribution in [0.2, 0.25) is 0 Å². The van der Waals surface area contributed by atoms with Crippen LogP contribution in [0.15, 0.2) is 6.20 Å². The lowest BCUT2D eigenvalue weighted by molar-refractivity contribution is -0.120. The lowest BCUT2D eigenvalue weighted by Crippen LogP contribution is -2.34. The zero-order chi connectivity index (χ0) is 12.5. The van der Waals surface area contributed by atoms with E-state index in [1.807, 2.05) is 6.20 Å². The van der Waals surface area contributed by atoms with Crippen molar-refractivity contribution in [1.29, 1.82) is 0 Å². The maximum atomic E-state index is 11.4. The van der Waals surface area contributed by atoms with Crippen LogP contribution in [0.4, 0.5) is 0 Å². The molecule has 1 aromatic heterocycles. The second-order valence-corrected chi connectivity index (χ2v) is 4.72. The molecule has 17 heavy (non-hydrogen) atoms. The monoisotopic (exact) mass is 257 g/mol. The predicted octanol–water partition coefficient (Wildman–Crippen LogP) is 0.558. The van der Waals surface area contributed by atoms with Gasteiger partial charge in [-0.05, 0) is 6.42 Å². The van der Waals surface area contributed by atoms with Gasteiger partial charge in [0.1, 0.15) is 5.01 Å². The summed E-state index contributed by atoms with van der Waals surface area (Å²) in [6, 6.07) is 0. The van der Waals surface area contributed by atoms with E-state index in [4.69, 9.17) is 4.74 Å². The fraction of sp³-hybridized carbons (Fsp3) is 0.636. The van der Waals surface area contributed by atoms with Crippen LogP contribution in [0.3, 0.4) is 0 Å². The van der Waals surface area contributed by atoms with E-state index in [1.165, 1.54) is 4.88 Å². The van der Waals surface area contributed by atoms with Gasteiger partial charge in [-0.1, -0.05) is 6.92 Å². The zero-order valence-corrected chi connectivity index (χ0v) is 11.1. The smallest absolute Gasteiger partial charge is 0.234 e. The highest BCUT2D eigenvalue weighted by molar-refractivity contribution is 7.11. The summed E-state index contributed by atoms with van der Waals surface area (Å²) in [5.74, 6) is -0.0191. The molecule has 0 radical (unpaired) electrons. The molecule has 0 aliphatic carbocycles. The first kappa shape index (κ1) is 14.1. The molecule has 0 saturated heterocycles. The van der Waals surface area contributed by atoms with Gasteiger partial charge in [-0.2, -0.15) is 0 Å². The third-order valence-electron chi connectivity index (χ3n) is 2.16. The summed E-state index contributed by atoms with van der Waals surface area (Å²) in [4.78, 5) is 16.9. The number of nitrogens with one attached hydrogen (secondary N) is 2. The fourth-order valence-electron chi connectivity index (χ4n) is 1.21. The van der Waals surface area contributed by atoms with Crippen molar-refractivity contribution in [3.8, 4) is 0 Å². The number of carbonyl (C=O) groups excluding carboxylic acids is 1. The van der Waals surface area contributed by atoms with Gasteiger partial charge < -0.3 is 15.4 Å². The van der Waals surface area contributed by atoms with Gasteiger partial charge >= 0.3 is 0 Å². The summed E-state index contributed by atoms with van der Waals surface area (Å²) in [7, 11) is 1.63. The van der Waals surface area contributed by atoms with Gasteiger partial charge in [-0.15, -0.1) is 11.3 Å². The minimum absolute atomic E-state index is 0.0191. The Kier molecular flexibility index (Phi) is 6.76. The number of nitrogens with zero attached hydrogens (tertiary/aromatic N) is 1. The van der Waals surface area contributed by atoms with Crippen LogP contribution in [0.25, 0.3) is 0 Å². The first-order chi connectivity index (χ1) is 8.26. The second-order valence-electron chi connectivity index (χ2n) is 3.52. The van der Waals surface area contributed by atoms with Crippen LogP contribution >= 0.6 is 11.3 Å². The normalized spacial score (nSPS) is 10.5. The molecule has 6 heteroatoms. The molecule has 0 aromatic carbocycles. The highest BCUT2D eigenvalue weighted by atomic mass is 32.1. The van der Waals surface area contributed by atoms with Crippen LogP contribution in [0.1, 0.15) is 16.8 Å². The van der Waals surface area contributed by atoms with Crippen molar-refractivity contribution in [1.82, 2.24) is 15.6 Å². The van der Waals surface area contributed by atoms with Crippen LogP contribution in [0, 0.1) is 0 Å². The molecule has 0 unspecified atom stereocenters. The number of hydrogen-bond acceptors (Lipinski definition) is 5. The fourth-order valence-corrected chi connectivity index (χ4v) is 2.01. The van der Waals surface area contributed by atoms with Gasteiger partial charge in [0.15, 0.2) is 0 Å². The average molecular weight is 257 g/mol. The summed E-state index contributed by atoms with van der Waals surface area (Å²) >= 11 is 1.64. The van der Waals surface area contributed by atoms with Gasteiger partial charge in [0.25, 0.3) is 0 Å². The van der Waals surface area contributed by atoms with Crippen molar-refractivity contribution >= 4 is 17.2 Å².